The fraction of sp³-hybridized carbons (Fsp3) is 0.745. The number of ether oxygens (including phenoxy) is 4. The molecule has 1 saturated carbocycles. The van der Waals surface area contributed by atoms with Crippen molar-refractivity contribution in [2.75, 3.05) is 74.8 Å². The Bertz CT molecular complexity index is 2320. The fourth-order valence-corrected chi connectivity index (χ4v) is 12.0. The summed E-state index contributed by atoms with van der Waals surface area (Å²) in [7, 11) is 4.26. The lowest BCUT2D eigenvalue weighted by molar-refractivity contribution is -0.148. The Kier molecular flexibility index (Phi) is 25.9. The Morgan fingerprint density at radius 2 is 1.43 bits per heavy atom. The number of amides is 7. The summed E-state index contributed by atoms with van der Waals surface area (Å²) in [5.41, 5.74) is 0.499. The van der Waals surface area contributed by atoms with Gasteiger partial charge in [-0.3, -0.25) is 43.2 Å². The van der Waals surface area contributed by atoms with Crippen molar-refractivity contribution in [3.05, 3.63) is 29.8 Å². The molecule has 446 valence electrons. The molecule has 24 heteroatoms. The lowest BCUT2D eigenvalue weighted by atomic mass is 9.89. The number of methoxy groups -OCH3 is 2. The molecule has 1 aliphatic carbocycles. The maximum absolute atomic E-state index is 14.5. The van der Waals surface area contributed by atoms with E-state index in [9.17, 15) is 51.9 Å². The first-order chi connectivity index (χ1) is 37.3. The molecule has 1 aromatic rings. The van der Waals surface area contributed by atoms with Gasteiger partial charge in [0.1, 0.15) is 17.8 Å². The van der Waals surface area contributed by atoms with Crippen molar-refractivity contribution in [3.63, 3.8) is 0 Å². The fourth-order valence-electron chi connectivity index (χ4n) is 10.7. The molecule has 0 radical (unpaired) electrons. The number of nitrogens with zero attached hydrogens (tertiary/aromatic N) is 4. The van der Waals surface area contributed by atoms with Gasteiger partial charge in [-0.05, 0) is 88.1 Å². The number of rotatable bonds is 31. The summed E-state index contributed by atoms with van der Waals surface area (Å²) < 4.78 is 51.0. The van der Waals surface area contributed by atoms with Crippen LogP contribution in [0.25, 0.3) is 0 Å². The van der Waals surface area contributed by atoms with Crippen molar-refractivity contribution in [3.8, 4) is 5.75 Å². The number of carbonyl (C=O) groups is 8. The number of piperidine rings is 1. The van der Waals surface area contributed by atoms with E-state index >= 15 is 0 Å². The van der Waals surface area contributed by atoms with E-state index in [-0.39, 0.29) is 86.2 Å². The van der Waals surface area contributed by atoms with Crippen LogP contribution in [0.2, 0.25) is 0 Å². The predicted molar refractivity (Wildman–Crippen MR) is 294 cm³/mol. The summed E-state index contributed by atoms with van der Waals surface area (Å²) >= 11 is 0. The lowest BCUT2D eigenvalue weighted by Gasteiger charge is -2.41. The minimum Gasteiger partial charge on any atom is -0.481 e. The molecule has 2 heterocycles. The van der Waals surface area contributed by atoms with Gasteiger partial charge < -0.3 is 54.7 Å². The summed E-state index contributed by atoms with van der Waals surface area (Å²) in [5, 5.41) is 16.8. The molecule has 1 unspecified atom stereocenters. The van der Waals surface area contributed by atoms with E-state index < -0.39 is 93.4 Å². The number of carboxylic acid groups (broad SMARTS) is 1. The summed E-state index contributed by atoms with van der Waals surface area (Å²) in [4.78, 5) is 113. The molecule has 3 fully saturated rings. The topological polar surface area (TPSA) is 289 Å². The molecule has 23 nitrogen and oxygen atoms in total. The molecule has 4 rings (SSSR count). The van der Waals surface area contributed by atoms with Crippen LogP contribution in [0.1, 0.15) is 112 Å². The lowest BCUT2D eigenvalue weighted by Crippen LogP contribution is -2.59. The van der Waals surface area contributed by atoms with Gasteiger partial charge in [-0.15, -0.1) is 0 Å². The Morgan fingerprint density at radius 1 is 0.785 bits per heavy atom. The van der Waals surface area contributed by atoms with Gasteiger partial charge in [-0.1, -0.05) is 67.0 Å². The normalized spacial score (nSPS) is 19.2. The molecule has 79 heavy (non-hydrogen) atoms. The third-order valence-electron chi connectivity index (χ3n) is 15.5. The largest absolute Gasteiger partial charge is 0.481 e. The van der Waals surface area contributed by atoms with Crippen molar-refractivity contribution in [2.45, 2.75) is 160 Å². The number of sulfonamides is 1. The molecule has 0 aromatic heterocycles. The summed E-state index contributed by atoms with van der Waals surface area (Å²) in [6.45, 7) is 14.7. The van der Waals surface area contributed by atoms with Gasteiger partial charge in [0.05, 0.1) is 73.5 Å². The van der Waals surface area contributed by atoms with E-state index in [0.29, 0.717) is 70.1 Å². The summed E-state index contributed by atoms with van der Waals surface area (Å²) in [6, 6.07) is 2.31. The van der Waals surface area contributed by atoms with Gasteiger partial charge in [-0.2, -0.15) is 0 Å². The molecule has 5 N–H and O–H groups in total. The Morgan fingerprint density at radius 3 is 1.97 bits per heavy atom. The maximum atomic E-state index is 14.5. The van der Waals surface area contributed by atoms with Crippen molar-refractivity contribution < 1.29 is 70.8 Å². The number of benzene rings is 1. The SMILES string of the molecule is CC[C@H](C)[C@@H]([C@@H](CC(=O)N1CCC[C@H]1[C@H](OC)[C@@H](C)C(=O)N[C@@H](Cc1ccc(OC(=O)NCCOCCC(=O)N2CCC(C(=O)O)CC2)cc1)C(=O)NS(=O)(=O)C1CC1)OC)N(C)C(=O)[C@@H](NC(=O)C(C(C)C)N(C)C)C(C)C. The van der Waals surface area contributed by atoms with Crippen LogP contribution in [0.4, 0.5) is 4.79 Å². The predicted octanol–water partition coefficient (Wildman–Crippen LogP) is 2.79. The molecule has 0 spiro atoms. The Balaban J connectivity index is 1.39. The number of hydrogen-bond acceptors (Lipinski definition) is 15. The second-order valence-corrected chi connectivity index (χ2v) is 24.2. The second kappa shape index (κ2) is 31.0. The van der Waals surface area contributed by atoms with Gasteiger partial charge in [0.25, 0.3) is 5.91 Å². The van der Waals surface area contributed by atoms with Gasteiger partial charge in [0, 0.05) is 53.9 Å². The van der Waals surface area contributed by atoms with Crippen molar-refractivity contribution in [1.82, 2.24) is 40.3 Å². The molecule has 9 atom stereocenters. The molecular formula is C55H90N8O15S. The van der Waals surface area contributed by atoms with Crippen LogP contribution in [0.15, 0.2) is 24.3 Å². The third-order valence-corrected chi connectivity index (χ3v) is 17.4. The Labute approximate surface area is 467 Å². The quantitative estimate of drug-likeness (QED) is 0.0668. The minimum absolute atomic E-state index is 0.0103. The minimum atomic E-state index is -4.01. The molecule has 3 aliphatic rings. The molecule has 2 saturated heterocycles. The standard InChI is InChI=1S/C55H90N8O15S/c1-13-35(6)48(61(10)53(69)46(33(2)3)58-52(68)47(34(4)5)60(8)9)43(75-11)32-45(65)63-26-14-15-42(63)49(76-12)36(7)50(66)57-41(51(67)59-79(73,74)40-20-21-40)31-37-16-18-39(19-17-37)78-55(72)56-25-30-77-29-24-44(64)62-27-22-38(23-28-62)54(70)71/h16-19,33-36,38,40-43,46-49H,13-15,20-32H2,1-12H3,(H,56,72)(H,57,66)(H,58,68)(H,59,67)(H,70,71)/t35-,36+,41-,42-,43+,46-,47?,48-,49+/m0/s1. The van der Waals surface area contributed by atoms with Crippen molar-refractivity contribution >= 4 is 57.5 Å². The van der Waals surface area contributed by atoms with Crippen LogP contribution in [-0.4, -0.2) is 203 Å². The number of nitrogens with one attached hydrogen (secondary N) is 4. The number of likely N-dealkylation sites (N-methyl/N-ethyl adjacent to an activating group) is 2. The molecule has 0 bridgehead atoms. The molecule has 7 amide bonds. The second-order valence-electron chi connectivity index (χ2n) is 22.3. The third kappa shape index (κ3) is 19.1. The van der Waals surface area contributed by atoms with Crippen LogP contribution in [-0.2, 0) is 64.2 Å². The van der Waals surface area contributed by atoms with Crippen LogP contribution >= 0.6 is 0 Å². The van der Waals surface area contributed by atoms with Crippen LogP contribution in [0.5, 0.6) is 5.75 Å². The number of carbonyl (C=O) groups excluding carboxylic acids is 7. The number of hydrogen-bond donors (Lipinski definition) is 5. The zero-order valence-electron chi connectivity index (χ0n) is 48.5. The highest BCUT2D eigenvalue weighted by atomic mass is 32.2. The average Bonchev–Trinajstić information content (AvgIpc) is 4.18. The highest BCUT2D eigenvalue weighted by molar-refractivity contribution is 7.90. The highest BCUT2D eigenvalue weighted by Crippen LogP contribution is 2.31. The van der Waals surface area contributed by atoms with E-state index in [0.717, 1.165) is 0 Å². The monoisotopic (exact) mass is 1130 g/mol. The van der Waals surface area contributed by atoms with E-state index in [1.807, 2.05) is 60.5 Å². The van der Waals surface area contributed by atoms with Gasteiger partial charge in [-0.25, -0.2) is 13.2 Å². The smallest absolute Gasteiger partial charge is 0.412 e. The summed E-state index contributed by atoms with van der Waals surface area (Å²) in [6.07, 6.45) is 0.885. The summed E-state index contributed by atoms with van der Waals surface area (Å²) in [5.74, 6) is -4.98. The molecule has 2 aliphatic heterocycles. The Hall–Kier alpha value is -5.43. The average molecular weight is 1140 g/mol. The first-order valence-corrected chi connectivity index (χ1v) is 29.4. The number of carboxylic acids is 1. The van der Waals surface area contributed by atoms with Crippen molar-refractivity contribution in [1.29, 1.82) is 0 Å². The van der Waals surface area contributed by atoms with E-state index in [1.54, 1.807) is 40.8 Å². The van der Waals surface area contributed by atoms with Gasteiger partial charge in [0.2, 0.25) is 39.6 Å². The van der Waals surface area contributed by atoms with Gasteiger partial charge >= 0.3 is 12.1 Å². The van der Waals surface area contributed by atoms with E-state index in [4.69, 9.17) is 18.9 Å². The van der Waals surface area contributed by atoms with Crippen LogP contribution < -0.4 is 25.4 Å². The number of likely N-dealkylation sites (tertiary alicyclic amines) is 2. The first-order valence-electron chi connectivity index (χ1n) is 27.8. The van der Waals surface area contributed by atoms with Crippen LogP contribution in [0, 0.1) is 29.6 Å². The van der Waals surface area contributed by atoms with E-state index in [1.165, 1.54) is 26.4 Å². The van der Waals surface area contributed by atoms with Crippen LogP contribution in [0.3, 0.4) is 0 Å². The van der Waals surface area contributed by atoms with Gasteiger partial charge in [0.15, 0.2) is 0 Å². The maximum Gasteiger partial charge on any atom is 0.412 e. The van der Waals surface area contributed by atoms with Crippen molar-refractivity contribution in [2.24, 2.45) is 29.6 Å². The molecule has 1 aromatic carbocycles. The molecular weight excluding hydrogens is 1040 g/mol. The first kappa shape index (κ1) is 66.1. The van der Waals surface area contributed by atoms with E-state index in [2.05, 4.69) is 20.7 Å². The zero-order chi connectivity index (χ0) is 58.9. The number of aliphatic carboxylic acids is 1. The highest BCUT2D eigenvalue weighted by Gasteiger charge is 2.44. The zero-order valence-corrected chi connectivity index (χ0v) is 49.3.